The first kappa shape index (κ1) is 12.6. The van der Waals surface area contributed by atoms with Gasteiger partial charge in [-0.05, 0) is 25.5 Å². The molecular formula is C12H16FNO2. The summed E-state index contributed by atoms with van der Waals surface area (Å²) in [6.07, 6.45) is -0.0213. The zero-order valence-corrected chi connectivity index (χ0v) is 9.71. The second kappa shape index (κ2) is 4.61. The molecule has 1 aromatic carbocycles. The minimum atomic E-state index is -0.949. The predicted molar refractivity (Wildman–Crippen MR) is 59.9 cm³/mol. The average molecular weight is 225 g/mol. The van der Waals surface area contributed by atoms with Gasteiger partial charge in [-0.1, -0.05) is 12.1 Å². The SMILES string of the molecule is COc1cccc(CC(=O)C(C)(C)N)c1F. The van der Waals surface area contributed by atoms with E-state index in [9.17, 15) is 9.18 Å². The molecule has 1 aromatic rings. The zero-order chi connectivity index (χ0) is 12.3. The average Bonchev–Trinajstić information content (AvgIpc) is 2.19. The Bertz CT molecular complexity index is 396. The molecule has 0 saturated carbocycles. The first-order valence-electron chi connectivity index (χ1n) is 5.00. The van der Waals surface area contributed by atoms with Crippen LogP contribution in [0, 0.1) is 5.82 Å². The lowest BCUT2D eigenvalue weighted by Crippen LogP contribution is -2.42. The standard InChI is InChI=1S/C12H16FNO2/c1-12(2,14)10(15)7-8-5-4-6-9(16-3)11(8)13/h4-6H,7,14H2,1-3H3. The van der Waals surface area contributed by atoms with E-state index in [1.54, 1.807) is 26.0 Å². The summed E-state index contributed by atoms with van der Waals surface area (Å²) in [7, 11) is 1.39. The van der Waals surface area contributed by atoms with Gasteiger partial charge in [0.15, 0.2) is 17.3 Å². The molecule has 1 rings (SSSR count). The monoisotopic (exact) mass is 225 g/mol. The molecule has 0 fully saturated rings. The number of Topliss-reactive ketones (excluding diaryl/α,β-unsaturated/α-hetero) is 1. The molecule has 0 aliphatic rings. The second-order valence-electron chi connectivity index (χ2n) is 4.26. The van der Waals surface area contributed by atoms with Gasteiger partial charge < -0.3 is 10.5 Å². The summed E-state index contributed by atoms with van der Waals surface area (Å²) in [6, 6.07) is 4.71. The van der Waals surface area contributed by atoms with E-state index < -0.39 is 11.4 Å². The highest BCUT2D eigenvalue weighted by Crippen LogP contribution is 2.21. The largest absolute Gasteiger partial charge is 0.494 e. The number of ketones is 1. The van der Waals surface area contributed by atoms with E-state index in [1.807, 2.05) is 0 Å². The summed E-state index contributed by atoms with van der Waals surface area (Å²) in [5.41, 5.74) is 5.00. The highest BCUT2D eigenvalue weighted by atomic mass is 19.1. The van der Waals surface area contributed by atoms with E-state index in [-0.39, 0.29) is 18.0 Å². The lowest BCUT2D eigenvalue weighted by Gasteiger charge is -2.17. The van der Waals surface area contributed by atoms with E-state index >= 15 is 0 Å². The number of ether oxygens (including phenoxy) is 1. The van der Waals surface area contributed by atoms with Crippen molar-refractivity contribution in [2.45, 2.75) is 25.8 Å². The van der Waals surface area contributed by atoms with Crippen molar-refractivity contribution >= 4 is 5.78 Å². The Kier molecular flexibility index (Phi) is 3.65. The minimum Gasteiger partial charge on any atom is -0.494 e. The summed E-state index contributed by atoms with van der Waals surface area (Å²) in [4.78, 5) is 11.7. The molecule has 0 saturated heterocycles. The summed E-state index contributed by atoms with van der Waals surface area (Å²) in [5, 5.41) is 0. The number of hydrogen-bond acceptors (Lipinski definition) is 3. The van der Waals surface area contributed by atoms with Crippen molar-refractivity contribution in [3.8, 4) is 5.75 Å². The Morgan fingerprint density at radius 3 is 2.62 bits per heavy atom. The summed E-state index contributed by atoms with van der Waals surface area (Å²) in [5.74, 6) is -0.567. The van der Waals surface area contributed by atoms with Gasteiger partial charge in [-0.25, -0.2) is 4.39 Å². The van der Waals surface area contributed by atoms with Gasteiger partial charge in [0.05, 0.1) is 12.6 Å². The molecule has 88 valence electrons. The van der Waals surface area contributed by atoms with Crippen molar-refractivity contribution in [1.29, 1.82) is 0 Å². The topological polar surface area (TPSA) is 52.3 Å². The van der Waals surface area contributed by atoms with Crippen molar-refractivity contribution in [2.24, 2.45) is 5.73 Å². The van der Waals surface area contributed by atoms with Crippen LogP contribution < -0.4 is 10.5 Å². The molecule has 0 aliphatic heterocycles. The van der Waals surface area contributed by atoms with Crippen LogP contribution in [0.5, 0.6) is 5.75 Å². The quantitative estimate of drug-likeness (QED) is 0.848. The number of nitrogens with two attached hydrogens (primary N) is 1. The zero-order valence-electron chi connectivity index (χ0n) is 9.71. The maximum atomic E-state index is 13.7. The maximum Gasteiger partial charge on any atom is 0.168 e. The van der Waals surface area contributed by atoms with Gasteiger partial charge in [0, 0.05) is 6.42 Å². The van der Waals surface area contributed by atoms with E-state index in [0.717, 1.165) is 0 Å². The van der Waals surface area contributed by atoms with E-state index in [4.69, 9.17) is 10.5 Å². The molecule has 0 bridgehead atoms. The van der Waals surface area contributed by atoms with Crippen LogP contribution in [0.4, 0.5) is 4.39 Å². The number of benzene rings is 1. The highest BCUT2D eigenvalue weighted by Gasteiger charge is 2.23. The highest BCUT2D eigenvalue weighted by molar-refractivity contribution is 5.89. The molecule has 0 unspecified atom stereocenters. The fraction of sp³-hybridized carbons (Fsp3) is 0.417. The van der Waals surface area contributed by atoms with Crippen molar-refractivity contribution < 1.29 is 13.9 Å². The van der Waals surface area contributed by atoms with E-state index in [1.165, 1.54) is 13.2 Å². The fourth-order valence-corrected chi connectivity index (χ4v) is 1.25. The molecule has 0 spiro atoms. The molecule has 2 N–H and O–H groups in total. The summed E-state index contributed by atoms with van der Waals surface area (Å²) < 4.78 is 18.5. The van der Waals surface area contributed by atoms with Crippen LogP contribution in [-0.4, -0.2) is 18.4 Å². The van der Waals surface area contributed by atoms with Crippen LogP contribution >= 0.6 is 0 Å². The van der Waals surface area contributed by atoms with Crippen molar-refractivity contribution in [2.75, 3.05) is 7.11 Å². The molecule has 0 aliphatic carbocycles. The molecule has 16 heavy (non-hydrogen) atoms. The number of halogens is 1. The normalized spacial score (nSPS) is 11.3. The number of methoxy groups -OCH3 is 1. The number of carbonyl (C=O) groups is 1. The molecule has 0 atom stereocenters. The predicted octanol–water partition coefficient (Wildman–Crippen LogP) is 1.68. The molecule has 0 aromatic heterocycles. The van der Waals surface area contributed by atoms with Gasteiger partial charge in [-0.3, -0.25) is 4.79 Å². The van der Waals surface area contributed by atoms with Crippen LogP contribution in [0.1, 0.15) is 19.4 Å². The van der Waals surface area contributed by atoms with Gasteiger partial charge in [0.2, 0.25) is 0 Å². The Hall–Kier alpha value is -1.42. The Morgan fingerprint density at radius 2 is 2.12 bits per heavy atom. The first-order valence-corrected chi connectivity index (χ1v) is 5.00. The third-order valence-electron chi connectivity index (χ3n) is 2.33. The summed E-state index contributed by atoms with van der Waals surface area (Å²) >= 11 is 0. The number of carbonyl (C=O) groups excluding carboxylic acids is 1. The Balaban J connectivity index is 2.94. The third-order valence-corrected chi connectivity index (χ3v) is 2.33. The van der Waals surface area contributed by atoms with Gasteiger partial charge >= 0.3 is 0 Å². The molecular weight excluding hydrogens is 209 g/mol. The van der Waals surface area contributed by atoms with Crippen LogP contribution in [0.25, 0.3) is 0 Å². The minimum absolute atomic E-state index is 0.0213. The number of rotatable bonds is 4. The van der Waals surface area contributed by atoms with E-state index in [0.29, 0.717) is 5.56 Å². The van der Waals surface area contributed by atoms with Gasteiger partial charge in [0.25, 0.3) is 0 Å². The lowest BCUT2D eigenvalue weighted by atomic mass is 9.94. The van der Waals surface area contributed by atoms with Gasteiger partial charge in [-0.15, -0.1) is 0 Å². The fourth-order valence-electron chi connectivity index (χ4n) is 1.25. The van der Waals surface area contributed by atoms with Crippen LogP contribution in [-0.2, 0) is 11.2 Å². The van der Waals surface area contributed by atoms with Crippen molar-refractivity contribution in [3.63, 3.8) is 0 Å². The number of hydrogen-bond donors (Lipinski definition) is 1. The second-order valence-corrected chi connectivity index (χ2v) is 4.26. The molecule has 0 amide bonds. The maximum absolute atomic E-state index is 13.7. The smallest absolute Gasteiger partial charge is 0.168 e. The molecule has 3 nitrogen and oxygen atoms in total. The summed E-state index contributed by atoms with van der Waals surface area (Å²) in [6.45, 7) is 3.21. The Morgan fingerprint density at radius 1 is 1.50 bits per heavy atom. The van der Waals surface area contributed by atoms with Crippen LogP contribution in [0.3, 0.4) is 0 Å². The van der Waals surface area contributed by atoms with Crippen molar-refractivity contribution in [1.82, 2.24) is 0 Å². The Labute approximate surface area is 94.4 Å². The third kappa shape index (κ3) is 2.79. The molecule has 4 heteroatoms. The molecule has 0 radical (unpaired) electrons. The van der Waals surface area contributed by atoms with Crippen LogP contribution in [0.15, 0.2) is 18.2 Å². The lowest BCUT2D eigenvalue weighted by molar-refractivity contribution is -0.122. The first-order chi connectivity index (χ1) is 7.36. The van der Waals surface area contributed by atoms with Gasteiger partial charge in [0.1, 0.15) is 0 Å². The molecule has 0 heterocycles. The van der Waals surface area contributed by atoms with E-state index in [2.05, 4.69) is 0 Å². The van der Waals surface area contributed by atoms with Gasteiger partial charge in [-0.2, -0.15) is 0 Å². The van der Waals surface area contributed by atoms with Crippen LogP contribution in [0.2, 0.25) is 0 Å². The van der Waals surface area contributed by atoms with Crippen molar-refractivity contribution in [3.05, 3.63) is 29.6 Å².